The molecule has 1 N–H and O–H groups in total. The summed E-state index contributed by atoms with van der Waals surface area (Å²) in [6, 6.07) is 7.57. The van der Waals surface area contributed by atoms with Crippen molar-refractivity contribution in [3.8, 4) is 0 Å². The van der Waals surface area contributed by atoms with Crippen LogP contribution in [0.3, 0.4) is 0 Å². The van der Waals surface area contributed by atoms with E-state index < -0.39 is 14.1 Å². The number of aromatic nitrogens is 3. The van der Waals surface area contributed by atoms with Crippen molar-refractivity contribution in [1.29, 1.82) is 0 Å². The highest BCUT2D eigenvalue weighted by atomic mass is 35.5. The molecular weight excluding hydrogens is 476 g/mol. The number of hydrogen-bond acceptors (Lipinski definition) is 6. The van der Waals surface area contributed by atoms with Gasteiger partial charge in [0.25, 0.3) is 5.91 Å². The molecule has 0 bridgehead atoms. The molecule has 1 atom stereocenters. The van der Waals surface area contributed by atoms with Crippen LogP contribution in [0.15, 0.2) is 47.3 Å². The standard InChI is InChI=1S/C23H25ClN4O3SSi/c1-14(27-22(29)18-13-26-28-7-5-6-25-21(18)28)19-11-15-10-16(24)12-17(20(15)31-19)23(30)32-8-9-33(2,3)4/h5-7,10-14H,8-9H2,1-4H3,(H,27,29)/t14-/m0/s1. The molecule has 0 fully saturated rings. The van der Waals surface area contributed by atoms with E-state index in [1.54, 1.807) is 35.1 Å². The maximum Gasteiger partial charge on any atom is 0.257 e. The fourth-order valence-electron chi connectivity index (χ4n) is 3.36. The summed E-state index contributed by atoms with van der Waals surface area (Å²) < 4.78 is 7.60. The molecule has 1 aromatic carbocycles. The monoisotopic (exact) mass is 500 g/mol. The average molecular weight is 501 g/mol. The molecule has 0 saturated carbocycles. The minimum absolute atomic E-state index is 0.0595. The van der Waals surface area contributed by atoms with E-state index >= 15 is 0 Å². The van der Waals surface area contributed by atoms with Crippen molar-refractivity contribution in [2.24, 2.45) is 0 Å². The summed E-state index contributed by atoms with van der Waals surface area (Å²) in [5.74, 6) is 0.995. The number of furan rings is 1. The van der Waals surface area contributed by atoms with E-state index in [1.165, 1.54) is 18.0 Å². The van der Waals surface area contributed by atoms with Crippen molar-refractivity contribution in [1.82, 2.24) is 19.9 Å². The molecule has 7 nitrogen and oxygen atoms in total. The molecule has 0 aliphatic heterocycles. The van der Waals surface area contributed by atoms with Crippen LogP contribution in [0.25, 0.3) is 16.6 Å². The lowest BCUT2D eigenvalue weighted by molar-refractivity contribution is 0.0936. The number of amides is 1. The lowest BCUT2D eigenvalue weighted by Gasteiger charge is -2.14. The predicted octanol–water partition coefficient (Wildman–Crippen LogP) is 5.83. The Kier molecular flexibility index (Phi) is 6.65. The quantitative estimate of drug-likeness (QED) is 0.321. The first kappa shape index (κ1) is 23.5. The van der Waals surface area contributed by atoms with Crippen molar-refractivity contribution in [2.45, 2.75) is 38.7 Å². The lowest BCUT2D eigenvalue weighted by atomic mass is 10.1. The Morgan fingerprint density at radius 3 is 2.79 bits per heavy atom. The number of rotatable bonds is 7. The topological polar surface area (TPSA) is 89.5 Å². The Morgan fingerprint density at radius 2 is 2.03 bits per heavy atom. The Hall–Kier alpha value is -2.62. The summed E-state index contributed by atoms with van der Waals surface area (Å²) in [5.41, 5.74) is 1.78. The zero-order chi connectivity index (χ0) is 23.8. The second-order valence-corrected chi connectivity index (χ2v) is 16.2. The minimum atomic E-state index is -1.23. The van der Waals surface area contributed by atoms with Gasteiger partial charge in [-0.2, -0.15) is 5.10 Å². The number of carbonyl (C=O) groups excluding carboxylic acids is 2. The number of nitrogens with one attached hydrogen (secondary N) is 1. The number of benzene rings is 1. The first-order valence-corrected chi connectivity index (χ1v) is 15.7. The Labute approximate surface area is 201 Å². The van der Waals surface area contributed by atoms with E-state index in [9.17, 15) is 9.59 Å². The van der Waals surface area contributed by atoms with Crippen LogP contribution in [-0.4, -0.2) is 39.4 Å². The van der Waals surface area contributed by atoms with Gasteiger partial charge in [0.15, 0.2) is 5.65 Å². The van der Waals surface area contributed by atoms with Crippen molar-refractivity contribution >= 4 is 59.1 Å². The number of thioether (sulfide) groups is 1. The third-order valence-electron chi connectivity index (χ3n) is 5.20. The van der Waals surface area contributed by atoms with Crippen LogP contribution in [0, 0.1) is 0 Å². The Bertz CT molecular complexity index is 1340. The molecule has 0 unspecified atom stereocenters. The first-order valence-electron chi connectivity index (χ1n) is 10.6. The molecular formula is C23H25ClN4O3SSi. The van der Waals surface area contributed by atoms with Crippen LogP contribution < -0.4 is 5.32 Å². The maximum atomic E-state index is 12.9. The van der Waals surface area contributed by atoms with Crippen LogP contribution in [0.5, 0.6) is 0 Å². The van der Waals surface area contributed by atoms with Gasteiger partial charge >= 0.3 is 0 Å². The zero-order valence-electron chi connectivity index (χ0n) is 18.9. The Balaban J connectivity index is 1.55. The van der Waals surface area contributed by atoms with E-state index in [0.29, 0.717) is 33.1 Å². The smallest absolute Gasteiger partial charge is 0.257 e. The fraction of sp³-hybridized carbons (Fsp3) is 0.304. The molecule has 4 rings (SSSR count). The van der Waals surface area contributed by atoms with Gasteiger partial charge in [-0.15, -0.1) is 0 Å². The molecule has 3 heterocycles. The summed E-state index contributed by atoms with van der Waals surface area (Å²) in [6.45, 7) is 8.67. The van der Waals surface area contributed by atoms with Crippen LogP contribution >= 0.6 is 23.4 Å². The van der Waals surface area contributed by atoms with Crippen LogP contribution in [0.4, 0.5) is 0 Å². The normalized spacial score (nSPS) is 12.9. The van der Waals surface area contributed by atoms with Crippen molar-refractivity contribution in [3.63, 3.8) is 0 Å². The van der Waals surface area contributed by atoms with E-state index in [2.05, 4.69) is 35.0 Å². The molecule has 0 aliphatic rings. The second kappa shape index (κ2) is 9.32. The highest BCUT2D eigenvalue weighted by Crippen LogP contribution is 2.32. The number of fused-ring (bicyclic) bond motifs is 2. The minimum Gasteiger partial charge on any atom is -0.458 e. The summed E-state index contributed by atoms with van der Waals surface area (Å²) in [5, 5.41) is 8.21. The third-order valence-corrected chi connectivity index (χ3v) is 8.42. The van der Waals surface area contributed by atoms with Crippen molar-refractivity contribution < 1.29 is 14.0 Å². The van der Waals surface area contributed by atoms with Gasteiger partial charge in [0.2, 0.25) is 5.12 Å². The molecule has 10 heteroatoms. The van der Waals surface area contributed by atoms with Gasteiger partial charge in [0.05, 0.1) is 17.8 Å². The molecule has 3 aromatic heterocycles. The molecule has 172 valence electrons. The highest BCUT2D eigenvalue weighted by molar-refractivity contribution is 8.14. The van der Waals surface area contributed by atoms with Gasteiger partial charge in [-0.3, -0.25) is 9.59 Å². The van der Waals surface area contributed by atoms with E-state index in [1.807, 2.05) is 13.0 Å². The van der Waals surface area contributed by atoms with Gasteiger partial charge in [-0.1, -0.05) is 43.0 Å². The SMILES string of the molecule is C[C@H](NC(=O)c1cnn2cccnc12)c1cc2cc(Cl)cc(C(=O)SCC[Si](C)(C)C)c2o1. The van der Waals surface area contributed by atoms with Crippen LogP contribution in [-0.2, 0) is 0 Å². The van der Waals surface area contributed by atoms with Crippen LogP contribution in [0.1, 0.15) is 39.4 Å². The molecule has 0 saturated heterocycles. The third kappa shape index (κ3) is 5.31. The molecule has 1 amide bonds. The summed E-state index contributed by atoms with van der Waals surface area (Å²) >= 11 is 7.59. The van der Waals surface area contributed by atoms with E-state index in [-0.39, 0.29) is 11.0 Å². The maximum absolute atomic E-state index is 12.9. The number of halogens is 1. The van der Waals surface area contributed by atoms with Gasteiger partial charge in [0.1, 0.15) is 16.9 Å². The van der Waals surface area contributed by atoms with Gasteiger partial charge in [-0.05, 0) is 43.0 Å². The van der Waals surface area contributed by atoms with Crippen molar-refractivity contribution in [3.05, 3.63) is 64.8 Å². The van der Waals surface area contributed by atoms with E-state index in [4.69, 9.17) is 16.0 Å². The van der Waals surface area contributed by atoms with E-state index in [0.717, 1.165) is 17.2 Å². The number of hydrogen-bond donors (Lipinski definition) is 1. The largest absolute Gasteiger partial charge is 0.458 e. The fourth-order valence-corrected chi connectivity index (χ4v) is 6.94. The number of carbonyl (C=O) groups is 2. The summed E-state index contributed by atoms with van der Waals surface area (Å²) in [4.78, 5) is 30.0. The average Bonchev–Trinajstić information content (AvgIpc) is 3.36. The molecule has 0 radical (unpaired) electrons. The van der Waals surface area contributed by atoms with Gasteiger partial charge in [0, 0.05) is 30.9 Å². The molecule has 0 aliphatic carbocycles. The van der Waals surface area contributed by atoms with Gasteiger partial charge < -0.3 is 9.73 Å². The second-order valence-electron chi connectivity index (χ2n) is 9.11. The Morgan fingerprint density at radius 1 is 1.24 bits per heavy atom. The zero-order valence-corrected chi connectivity index (χ0v) is 21.5. The summed E-state index contributed by atoms with van der Waals surface area (Å²) in [6.07, 6.45) is 4.82. The van der Waals surface area contributed by atoms with Crippen molar-refractivity contribution in [2.75, 3.05) is 5.75 Å². The molecule has 33 heavy (non-hydrogen) atoms. The summed E-state index contributed by atoms with van der Waals surface area (Å²) in [7, 11) is -1.23. The van der Waals surface area contributed by atoms with Crippen LogP contribution in [0.2, 0.25) is 30.7 Å². The first-order chi connectivity index (χ1) is 15.6. The molecule has 4 aromatic rings. The van der Waals surface area contributed by atoms with Gasteiger partial charge in [-0.25, -0.2) is 9.50 Å². The number of nitrogens with zero attached hydrogens (tertiary/aromatic N) is 3. The predicted molar refractivity (Wildman–Crippen MR) is 135 cm³/mol. The molecule has 0 spiro atoms. The lowest BCUT2D eigenvalue weighted by Crippen LogP contribution is -2.26. The highest BCUT2D eigenvalue weighted by Gasteiger charge is 2.22.